The summed E-state index contributed by atoms with van der Waals surface area (Å²) in [5.41, 5.74) is 0. The zero-order valence-corrected chi connectivity index (χ0v) is 7.90. The van der Waals surface area contributed by atoms with Crippen LogP contribution in [0.4, 0.5) is 0 Å². The fourth-order valence-corrected chi connectivity index (χ4v) is 0.856. The molecule has 0 aliphatic carbocycles. The molecule has 8 heteroatoms. The summed E-state index contributed by atoms with van der Waals surface area (Å²) in [4.78, 5) is 26.7. The molecule has 0 heterocycles. The summed E-state index contributed by atoms with van der Waals surface area (Å²) in [7, 11) is -4.44. The Kier molecular flexibility index (Phi) is 5.12. The van der Waals surface area contributed by atoms with Crippen molar-refractivity contribution in [3.8, 4) is 0 Å². The van der Waals surface area contributed by atoms with E-state index in [1.165, 1.54) is 6.92 Å². The van der Waals surface area contributed by atoms with Gasteiger partial charge >= 0.3 is 13.8 Å². The van der Waals surface area contributed by atoms with E-state index in [0.717, 1.165) is 0 Å². The summed E-state index contributed by atoms with van der Waals surface area (Å²) in [6, 6.07) is -0.764. The molecule has 7 nitrogen and oxygen atoms in total. The Hall–Kier alpha value is -0.460. The van der Waals surface area contributed by atoms with E-state index < -0.39 is 19.8 Å². The van der Waals surface area contributed by atoms with E-state index in [2.05, 4.69) is 9.84 Å². The molecule has 0 aromatic carbocycles. The summed E-state index contributed by atoms with van der Waals surface area (Å²) >= 11 is 0. The van der Waals surface area contributed by atoms with E-state index in [1.54, 1.807) is 0 Å². The predicted molar refractivity (Wildman–Crippen MR) is 43.1 cm³/mol. The van der Waals surface area contributed by atoms with Crippen LogP contribution in [-0.2, 0) is 13.9 Å². The van der Waals surface area contributed by atoms with Crippen molar-refractivity contribution in [1.82, 2.24) is 5.32 Å². The highest BCUT2D eigenvalue weighted by atomic mass is 31.2. The minimum Gasteiger partial charge on any atom is -0.480 e. The molecule has 0 fully saturated rings. The molecule has 0 amide bonds. The summed E-state index contributed by atoms with van der Waals surface area (Å²) in [5, 5.41) is 10.9. The van der Waals surface area contributed by atoms with Crippen molar-refractivity contribution < 1.29 is 28.8 Å². The SMILES string of the molecule is C[C@@H](NCCOP(=O)(O)O)C(=O)O. The first kappa shape index (κ1) is 12.5. The Balaban J connectivity index is 3.47. The van der Waals surface area contributed by atoms with Gasteiger partial charge in [0, 0.05) is 6.54 Å². The molecule has 0 radical (unpaired) electrons. The van der Waals surface area contributed by atoms with Gasteiger partial charge in [-0.05, 0) is 6.92 Å². The van der Waals surface area contributed by atoms with E-state index >= 15 is 0 Å². The summed E-state index contributed by atoms with van der Waals surface area (Å²) < 4.78 is 14.2. The maximum Gasteiger partial charge on any atom is 0.469 e. The van der Waals surface area contributed by atoms with Gasteiger partial charge in [0.25, 0.3) is 0 Å². The maximum atomic E-state index is 10.2. The van der Waals surface area contributed by atoms with Crippen molar-refractivity contribution in [2.75, 3.05) is 13.2 Å². The van der Waals surface area contributed by atoms with Crippen LogP contribution in [0, 0.1) is 0 Å². The molecular weight excluding hydrogens is 201 g/mol. The van der Waals surface area contributed by atoms with Gasteiger partial charge in [-0.1, -0.05) is 0 Å². The number of phosphoric acid groups is 1. The van der Waals surface area contributed by atoms with Crippen LogP contribution in [0.5, 0.6) is 0 Å². The zero-order valence-electron chi connectivity index (χ0n) is 7.01. The maximum absolute atomic E-state index is 10.2. The monoisotopic (exact) mass is 213 g/mol. The smallest absolute Gasteiger partial charge is 0.469 e. The molecular formula is C5H12NO6P. The number of hydrogen-bond donors (Lipinski definition) is 4. The molecule has 0 aliphatic rings. The molecule has 0 unspecified atom stereocenters. The third-order valence-electron chi connectivity index (χ3n) is 1.18. The number of carboxylic acid groups (broad SMARTS) is 1. The van der Waals surface area contributed by atoms with Gasteiger partial charge in [-0.3, -0.25) is 9.32 Å². The number of aliphatic carboxylic acids is 1. The summed E-state index contributed by atoms with van der Waals surface area (Å²) in [5.74, 6) is -1.03. The molecule has 0 aromatic rings. The van der Waals surface area contributed by atoms with Gasteiger partial charge in [-0.2, -0.15) is 0 Å². The summed E-state index contributed by atoms with van der Waals surface area (Å²) in [6.45, 7) is 1.25. The Bertz CT molecular complexity index is 213. The fourth-order valence-electron chi connectivity index (χ4n) is 0.527. The molecule has 78 valence electrons. The zero-order chi connectivity index (χ0) is 10.5. The molecule has 4 N–H and O–H groups in total. The third kappa shape index (κ3) is 7.89. The molecule has 0 rings (SSSR count). The van der Waals surface area contributed by atoms with E-state index in [9.17, 15) is 9.36 Å². The van der Waals surface area contributed by atoms with Crippen LogP contribution in [0.15, 0.2) is 0 Å². The molecule has 0 spiro atoms. The summed E-state index contributed by atoms with van der Waals surface area (Å²) in [6.07, 6.45) is 0. The van der Waals surface area contributed by atoms with Crippen LogP contribution in [0.1, 0.15) is 6.92 Å². The Morgan fingerprint density at radius 1 is 1.62 bits per heavy atom. The van der Waals surface area contributed by atoms with E-state index in [0.29, 0.717) is 0 Å². The van der Waals surface area contributed by atoms with E-state index in [4.69, 9.17) is 14.9 Å². The van der Waals surface area contributed by atoms with Gasteiger partial charge in [0.15, 0.2) is 0 Å². The number of nitrogens with one attached hydrogen (secondary N) is 1. The van der Waals surface area contributed by atoms with Crippen molar-refractivity contribution in [2.45, 2.75) is 13.0 Å². The van der Waals surface area contributed by atoms with Crippen LogP contribution in [0.25, 0.3) is 0 Å². The van der Waals surface area contributed by atoms with Crippen molar-refractivity contribution in [3.05, 3.63) is 0 Å². The lowest BCUT2D eigenvalue weighted by molar-refractivity contribution is -0.139. The van der Waals surface area contributed by atoms with Gasteiger partial charge in [0.05, 0.1) is 6.61 Å². The van der Waals surface area contributed by atoms with Crippen molar-refractivity contribution >= 4 is 13.8 Å². The third-order valence-corrected chi connectivity index (χ3v) is 1.70. The van der Waals surface area contributed by atoms with Gasteiger partial charge in [-0.25, -0.2) is 4.57 Å². The van der Waals surface area contributed by atoms with Gasteiger partial charge in [-0.15, -0.1) is 0 Å². The molecule has 0 saturated heterocycles. The van der Waals surface area contributed by atoms with Gasteiger partial charge in [0.2, 0.25) is 0 Å². The molecule has 0 aliphatic heterocycles. The Morgan fingerprint density at radius 3 is 2.54 bits per heavy atom. The van der Waals surface area contributed by atoms with Crippen molar-refractivity contribution in [2.24, 2.45) is 0 Å². The first-order valence-electron chi connectivity index (χ1n) is 3.49. The largest absolute Gasteiger partial charge is 0.480 e. The highest BCUT2D eigenvalue weighted by Crippen LogP contribution is 2.34. The molecule has 13 heavy (non-hydrogen) atoms. The fraction of sp³-hybridized carbons (Fsp3) is 0.800. The topological polar surface area (TPSA) is 116 Å². The predicted octanol–water partition coefficient (Wildman–Crippen LogP) is -0.842. The first-order chi connectivity index (χ1) is 5.83. The van der Waals surface area contributed by atoms with E-state index in [-0.39, 0.29) is 13.2 Å². The second-order valence-corrected chi connectivity index (χ2v) is 3.58. The Labute approximate surface area is 75.0 Å². The van der Waals surface area contributed by atoms with Crippen LogP contribution in [0.3, 0.4) is 0 Å². The average molecular weight is 213 g/mol. The molecule has 0 bridgehead atoms. The molecule has 0 aromatic heterocycles. The second-order valence-electron chi connectivity index (χ2n) is 2.34. The lowest BCUT2D eigenvalue weighted by Gasteiger charge is -2.09. The number of carbonyl (C=O) groups is 1. The number of carboxylic acids is 1. The van der Waals surface area contributed by atoms with Crippen molar-refractivity contribution in [3.63, 3.8) is 0 Å². The first-order valence-corrected chi connectivity index (χ1v) is 5.02. The van der Waals surface area contributed by atoms with E-state index in [1.807, 2.05) is 0 Å². The number of phosphoric ester groups is 1. The number of rotatable bonds is 6. The quantitative estimate of drug-likeness (QED) is 0.335. The number of hydrogen-bond acceptors (Lipinski definition) is 4. The minimum atomic E-state index is -4.44. The van der Waals surface area contributed by atoms with Crippen molar-refractivity contribution in [1.29, 1.82) is 0 Å². The minimum absolute atomic E-state index is 0.0680. The molecule has 1 atom stereocenters. The van der Waals surface area contributed by atoms with Crippen LogP contribution in [0.2, 0.25) is 0 Å². The van der Waals surface area contributed by atoms with Crippen LogP contribution in [-0.4, -0.2) is 40.1 Å². The average Bonchev–Trinajstić information content (AvgIpc) is 1.95. The van der Waals surface area contributed by atoms with Gasteiger partial charge < -0.3 is 20.2 Å². The normalized spacial score (nSPS) is 14.1. The standard InChI is InChI=1S/C5H12NO6P/c1-4(5(7)8)6-2-3-12-13(9,10)11/h4,6H,2-3H2,1H3,(H,7,8)(H2,9,10,11)/t4-/m1/s1. The van der Waals surface area contributed by atoms with Gasteiger partial charge in [0.1, 0.15) is 6.04 Å². The lowest BCUT2D eigenvalue weighted by Crippen LogP contribution is -2.35. The lowest BCUT2D eigenvalue weighted by atomic mass is 10.3. The van der Waals surface area contributed by atoms with Crippen LogP contribution < -0.4 is 5.32 Å². The Morgan fingerprint density at radius 2 is 2.15 bits per heavy atom. The van der Waals surface area contributed by atoms with Crippen LogP contribution >= 0.6 is 7.82 Å². The highest BCUT2D eigenvalue weighted by Gasteiger charge is 2.14. The highest BCUT2D eigenvalue weighted by molar-refractivity contribution is 7.46. The molecule has 0 saturated carbocycles. The second kappa shape index (κ2) is 5.31.